The maximum absolute atomic E-state index is 12.0. The molecular weight excluding hydrogens is 266 g/mol. The molecule has 1 aromatic rings. The number of hydrogen-bond donors (Lipinski definition) is 2. The van der Waals surface area contributed by atoms with Crippen molar-refractivity contribution in [2.45, 2.75) is 12.5 Å². The summed E-state index contributed by atoms with van der Waals surface area (Å²) < 4.78 is 0. The van der Waals surface area contributed by atoms with Crippen molar-refractivity contribution in [3.63, 3.8) is 0 Å². The lowest BCUT2D eigenvalue weighted by Gasteiger charge is -2.11. The largest absolute Gasteiger partial charge is 0.383 e. The minimum absolute atomic E-state index is 0.0871. The summed E-state index contributed by atoms with van der Waals surface area (Å²) in [6, 6.07) is 4.62. The highest BCUT2D eigenvalue weighted by Crippen LogP contribution is 2.25. The molecular formula is C12H15N3O3S. The van der Waals surface area contributed by atoms with Crippen LogP contribution in [0.3, 0.4) is 0 Å². The summed E-state index contributed by atoms with van der Waals surface area (Å²) in [4.78, 5) is 22.5. The van der Waals surface area contributed by atoms with Gasteiger partial charge in [-0.05, 0) is 24.3 Å². The highest BCUT2D eigenvalue weighted by Gasteiger charge is 2.21. The molecule has 1 fully saturated rings. The minimum atomic E-state index is -0.492. The molecule has 0 saturated carbocycles. The number of carbonyl (C=O) groups excluding carboxylic acids is 1. The first-order valence-electron chi connectivity index (χ1n) is 5.96. The highest BCUT2D eigenvalue weighted by atomic mass is 32.2. The predicted molar refractivity (Wildman–Crippen MR) is 75.8 cm³/mol. The number of nitrogens with one attached hydrogen (secondary N) is 2. The zero-order valence-electron chi connectivity index (χ0n) is 10.5. The van der Waals surface area contributed by atoms with Crippen molar-refractivity contribution in [3.8, 4) is 0 Å². The second-order valence-electron chi connectivity index (χ2n) is 4.27. The van der Waals surface area contributed by atoms with Crippen molar-refractivity contribution in [2.24, 2.45) is 0 Å². The Kier molecular flexibility index (Phi) is 4.26. The molecule has 1 aromatic carbocycles. The molecule has 0 radical (unpaired) electrons. The summed E-state index contributed by atoms with van der Waals surface area (Å²) >= 11 is 1.80. The number of benzene rings is 1. The Labute approximate surface area is 115 Å². The summed E-state index contributed by atoms with van der Waals surface area (Å²) in [5.74, 6) is 1.70. The predicted octanol–water partition coefficient (Wildman–Crippen LogP) is 1.87. The van der Waals surface area contributed by atoms with Crippen LogP contribution in [0.4, 0.5) is 11.4 Å². The van der Waals surface area contributed by atoms with Gasteiger partial charge in [-0.1, -0.05) is 0 Å². The van der Waals surface area contributed by atoms with E-state index in [0.29, 0.717) is 11.3 Å². The second-order valence-corrected chi connectivity index (χ2v) is 5.42. The molecule has 1 saturated heterocycles. The number of carbonyl (C=O) groups is 1. The lowest BCUT2D eigenvalue weighted by molar-refractivity contribution is -0.384. The lowest BCUT2D eigenvalue weighted by Crippen LogP contribution is -2.34. The molecule has 6 nitrogen and oxygen atoms in total. The smallest absolute Gasteiger partial charge is 0.293 e. The summed E-state index contributed by atoms with van der Waals surface area (Å²) in [5.41, 5.74) is 0.636. The van der Waals surface area contributed by atoms with Gasteiger partial charge in [0.25, 0.3) is 11.6 Å². The third-order valence-corrected chi connectivity index (χ3v) is 4.15. The van der Waals surface area contributed by atoms with E-state index >= 15 is 0 Å². The number of amides is 1. The molecule has 1 aliphatic heterocycles. The molecule has 19 heavy (non-hydrogen) atoms. The van der Waals surface area contributed by atoms with Crippen LogP contribution in [-0.2, 0) is 0 Å². The molecule has 1 atom stereocenters. The zero-order valence-corrected chi connectivity index (χ0v) is 11.3. The fourth-order valence-corrected chi connectivity index (χ4v) is 3.10. The van der Waals surface area contributed by atoms with E-state index in [1.165, 1.54) is 6.07 Å². The molecule has 1 aliphatic rings. The maximum atomic E-state index is 12.0. The third kappa shape index (κ3) is 3.17. The van der Waals surface area contributed by atoms with E-state index in [4.69, 9.17) is 0 Å². The van der Waals surface area contributed by atoms with Crippen molar-refractivity contribution in [1.82, 2.24) is 5.32 Å². The topological polar surface area (TPSA) is 84.3 Å². The Hall–Kier alpha value is -1.76. The first kappa shape index (κ1) is 13.7. The van der Waals surface area contributed by atoms with Gasteiger partial charge in [-0.2, -0.15) is 11.8 Å². The van der Waals surface area contributed by atoms with Gasteiger partial charge in [-0.15, -0.1) is 0 Å². The molecule has 1 amide bonds. The van der Waals surface area contributed by atoms with E-state index < -0.39 is 4.92 Å². The molecule has 0 aliphatic carbocycles. The standard InChI is InChI=1S/C12H15N3O3S/c1-13-10-3-2-8(6-11(10)15(17)18)12(16)14-9-4-5-19-7-9/h2-3,6,9,13H,4-5,7H2,1H3,(H,14,16). The number of hydrogen-bond acceptors (Lipinski definition) is 5. The summed E-state index contributed by atoms with van der Waals surface area (Å²) in [6.07, 6.45) is 0.951. The number of thioether (sulfide) groups is 1. The first-order chi connectivity index (χ1) is 9.11. The summed E-state index contributed by atoms with van der Waals surface area (Å²) in [6.45, 7) is 0. The van der Waals surface area contributed by atoms with Crippen LogP contribution in [0.1, 0.15) is 16.8 Å². The fraction of sp³-hybridized carbons (Fsp3) is 0.417. The van der Waals surface area contributed by atoms with Crippen LogP contribution < -0.4 is 10.6 Å². The normalized spacial score (nSPS) is 18.1. The molecule has 102 valence electrons. The van der Waals surface area contributed by atoms with Crippen molar-refractivity contribution in [3.05, 3.63) is 33.9 Å². The van der Waals surface area contributed by atoms with Gasteiger partial charge in [0, 0.05) is 30.5 Å². The van der Waals surface area contributed by atoms with E-state index in [1.807, 2.05) is 0 Å². The van der Waals surface area contributed by atoms with Crippen LogP contribution >= 0.6 is 11.8 Å². The Bertz CT molecular complexity index is 501. The SMILES string of the molecule is CNc1ccc(C(=O)NC2CCSC2)cc1[N+](=O)[O-]. The number of anilines is 1. The first-order valence-corrected chi connectivity index (χ1v) is 7.12. The third-order valence-electron chi connectivity index (χ3n) is 2.99. The minimum Gasteiger partial charge on any atom is -0.383 e. The maximum Gasteiger partial charge on any atom is 0.293 e. The van der Waals surface area contributed by atoms with Crippen LogP contribution in [0.2, 0.25) is 0 Å². The number of nitrogens with zero attached hydrogens (tertiary/aromatic N) is 1. The van der Waals surface area contributed by atoms with Crippen LogP contribution in [0.25, 0.3) is 0 Å². The van der Waals surface area contributed by atoms with Gasteiger partial charge in [0.2, 0.25) is 0 Å². The van der Waals surface area contributed by atoms with Crippen molar-refractivity contribution in [2.75, 3.05) is 23.9 Å². The number of rotatable bonds is 4. The summed E-state index contributed by atoms with van der Waals surface area (Å²) in [7, 11) is 1.61. The second kappa shape index (κ2) is 5.92. The molecule has 0 spiro atoms. The molecule has 2 N–H and O–H groups in total. The monoisotopic (exact) mass is 281 g/mol. The van der Waals surface area contributed by atoms with Gasteiger partial charge in [0.05, 0.1) is 4.92 Å². The van der Waals surface area contributed by atoms with Gasteiger partial charge < -0.3 is 10.6 Å². The molecule has 1 unspecified atom stereocenters. The van der Waals surface area contributed by atoms with Gasteiger partial charge in [0.1, 0.15) is 5.69 Å². The van der Waals surface area contributed by atoms with E-state index in [2.05, 4.69) is 10.6 Å². The Morgan fingerprint density at radius 3 is 2.89 bits per heavy atom. The van der Waals surface area contributed by atoms with Crippen LogP contribution in [-0.4, -0.2) is 35.4 Å². The quantitative estimate of drug-likeness (QED) is 0.650. The van der Waals surface area contributed by atoms with Crippen molar-refractivity contribution >= 4 is 29.0 Å². The number of nitro groups is 1. The van der Waals surface area contributed by atoms with E-state index in [-0.39, 0.29) is 17.6 Å². The van der Waals surface area contributed by atoms with Crippen molar-refractivity contribution < 1.29 is 9.72 Å². The van der Waals surface area contributed by atoms with E-state index in [9.17, 15) is 14.9 Å². The Balaban J connectivity index is 2.17. The fourth-order valence-electron chi connectivity index (χ4n) is 1.95. The van der Waals surface area contributed by atoms with Gasteiger partial charge >= 0.3 is 0 Å². The molecule has 7 heteroatoms. The number of nitro benzene ring substituents is 1. The van der Waals surface area contributed by atoms with E-state index in [1.54, 1.807) is 30.9 Å². The molecule has 0 bridgehead atoms. The molecule has 1 heterocycles. The van der Waals surface area contributed by atoms with Gasteiger partial charge in [-0.25, -0.2) is 0 Å². The average Bonchev–Trinajstić information content (AvgIpc) is 2.90. The molecule has 2 rings (SSSR count). The van der Waals surface area contributed by atoms with Crippen LogP contribution in [0, 0.1) is 10.1 Å². The van der Waals surface area contributed by atoms with E-state index in [0.717, 1.165) is 17.9 Å². The molecule has 0 aromatic heterocycles. The van der Waals surface area contributed by atoms with Crippen molar-refractivity contribution in [1.29, 1.82) is 0 Å². The van der Waals surface area contributed by atoms with Crippen LogP contribution in [0.15, 0.2) is 18.2 Å². The average molecular weight is 281 g/mol. The Morgan fingerprint density at radius 2 is 2.32 bits per heavy atom. The lowest BCUT2D eigenvalue weighted by atomic mass is 10.1. The zero-order chi connectivity index (χ0) is 13.8. The summed E-state index contributed by atoms with van der Waals surface area (Å²) in [5, 5.41) is 16.6. The van der Waals surface area contributed by atoms with Gasteiger partial charge in [0.15, 0.2) is 0 Å². The highest BCUT2D eigenvalue weighted by molar-refractivity contribution is 7.99. The van der Waals surface area contributed by atoms with Gasteiger partial charge in [-0.3, -0.25) is 14.9 Å². The van der Waals surface area contributed by atoms with Crippen LogP contribution in [0.5, 0.6) is 0 Å². The Morgan fingerprint density at radius 1 is 1.53 bits per heavy atom.